The van der Waals surface area contributed by atoms with Crippen LogP contribution in [0.2, 0.25) is 0 Å². The molecule has 0 aliphatic heterocycles. The first-order valence-electron chi connectivity index (χ1n) is 5.82. The predicted molar refractivity (Wildman–Crippen MR) is 66.4 cm³/mol. The first-order chi connectivity index (χ1) is 7.86. The molecule has 0 radical (unpaired) electrons. The van der Waals surface area contributed by atoms with Crippen LogP contribution < -0.4 is 10.6 Å². The highest BCUT2D eigenvalue weighted by Crippen LogP contribution is 2.28. The van der Waals surface area contributed by atoms with Crippen molar-refractivity contribution in [1.29, 1.82) is 0 Å². The number of nitrogens with one attached hydrogen (secondary N) is 2. The van der Waals surface area contributed by atoms with E-state index < -0.39 is 0 Å². The largest absolute Gasteiger partial charge is 0.381 e. The van der Waals surface area contributed by atoms with E-state index in [0.717, 1.165) is 38.1 Å². The van der Waals surface area contributed by atoms with Gasteiger partial charge in [-0.3, -0.25) is 4.99 Å². The quantitative estimate of drug-likeness (QED) is 0.287. The summed E-state index contributed by atoms with van der Waals surface area (Å²) in [6.45, 7) is 3.10. The molecule has 1 aliphatic rings. The van der Waals surface area contributed by atoms with Gasteiger partial charge in [-0.25, -0.2) is 0 Å². The molecule has 2 N–H and O–H groups in total. The molecule has 90 valence electrons. The van der Waals surface area contributed by atoms with Gasteiger partial charge in [0.1, 0.15) is 0 Å². The number of ether oxygens (including phenoxy) is 1. The van der Waals surface area contributed by atoms with E-state index in [-0.39, 0.29) is 0 Å². The van der Waals surface area contributed by atoms with Crippen LogP contribution in [0.1, 0.15) is 19.3 Å². The number of aliphatic imine (C=N–C) groups is 1. The zero-order valence-corrected chi connectivity index (χ0v) is 9.96. The maximum absolute atomic E-state index is 5.52. The third kappa shape index (κ3) is 6.31. The summed E-state index contributed by atoms with van der Waals surface area (Å²) in [4.78, 5) is 4.04. The zero-order chi connectivity index (χ0) is 11.6. The van der Waals surface area contributed by atoms with E-state index in [9.17, 15) is 0 Å². The van der Waals surface area contributed by atoms with Crippen molar-refractivity contribution in [2.45, 2.75) is 19.3 Å². The maximum atomic E-state index is 5.52. The minimum atomic E-state index is 0.498. The molecular formula is C12H21N3O. The van der Waals surface area contributed by atoms with Gasteiger partial charge in [0, 0.05) is 26.8 Å². The van der Waals surface area contributed by atoms with Gasteiger partial charge in [0.2, 0.25) is 0 Å². The summed E-state index contributed by atoms with van der Waals surface area (Å²) in [5.74, 6) is 4.10. The molecule has 0 amide bonds. The summed E-state index contributed by atoms with van der Waals surface area (Å²) in [6.07, 6.45) is 8.83. The smallest absolute Gasteiger partial charge is 0.191 e. The van der Waals surface area contributed by atoms with E-state index in [2.05, 4.69) is 21.5 Å². The topological polar surface area (TPSA) is 45.7 Å². The van der Waals surface area contributed by atoms with Crippen LogP contribution in [0, 0.1) is 18.3 Å². The third-order valence-electron chi connectivity index (χ3n) is 2.39. The van der Waals surface area contributed by atoms with Crippen molar-refractivity contribution in [3.63, 3.8) is 0 Å². The monoisotopic (exact) mass is 223 g/mol. The molecule has 1 aliphatic carbocycles. The Bertz CT molecular complexity index is 253. The second-order valence-electron chi connectivity index (χ2n) is 3.93. The molecule has 1 rings (SSSR count). The number of rotatable bonds is 7. The highest BCUT2D eigenvalue weighted by Gasteiger charge is 2.20. The van der Waals surface area contributed by atoms with Crippen LogP contribution in [0.5, 0.6) is 0 Å². The highest BCUT2D eigenvalue weighted by molar-refractivity contribution is 5.79. The van der Waals surface area contributed by atoms with Crippen LogP contribution in [-0.4, -0.2) is 39.3 Å². The van der Waals surface area contributed by atoms with Gasteiger partial charge >= 0.3 is 0 Å². The Labute approximate surface area is 97.9 Å². The Balaban J connectivity index is 1.89. The fraction of sp³-hybridized carbons (Fsp3) is 0.750. The Morgan fingerprint density at radius 3 is 2.94 bits per heavy atom. The van der Waals surface area contributed by atoms with Crippen LogP contribution in [0.4, 0.5) is 0 Å². The molecule has 0 aromatic carbocycles. The lowest BCUT2D eigenvalue weighted by Gasteiger charge is -2.09. The van der Waals surface area contributed by atoms with Gasteiger partial charge in [-0.1, -0.05) is 5.92 Å². The molecule has 4 nitrogen and oxygen atoms in total. The van der Waals surface area contributed by atoms with Crippen molar-refractivity contribution in [3.8, 4) is 12.3 Å². The highest BCUT2D eigenvalue weighted by atomic mass is 16.5. The Hall–Kier alpha value is -1.21. The molecular weight excluding hydrogens is 202 g/mol. The SMILES string of the molecule is C#CCNC(=NC)NCCCOCC1CC1. The van der Waals surface area contributed by atoms with E-state index >= 15 is 0 Å². The van der Waals surface area contributed by atoms with E-state index in [1.807, 2.05) is 0 Å². The summed E-state index contributed by atoms with van der Waals surface area (Å²) < 4.78 is 5.52. The lowest BCUT2D eigenvalue weighted by molar-refractivity contribution is 0.123. The van der Waals surface area contributed by atoms with Gasteiger partial charge in [-0.05, 0) is 25.2 Å². The van der Waals surface area contributed by atoms with E-state index in [0.29, 0.717) is 6.54 Å². The number of nitrogens with zero attached hydrogens (tertiary/aromatic N) is 1. The summed E-state index contributed by atoms with van der Waals surface area (Å²) in [5.41, 5.74) is 0. The van der Waals surface area contributed by atoms with Crippen molar-refractivity contribution < 1.29 is 4.74 Å². The van der Waals surface area contributed by atoms with Gasteiger partial charge in [0.25, 0.3) is 0 Å². The van der Waals surface area contributed by atoms with Gasteiger partial charge in [0.15, 0.2) is 5.96 Å². The Kier molecular flexibility index (Phi) is 6.43. The minimum absolute atomic E-state index is 0.498. The van der Waals surface area contributed by atoms with Crippen LogP contribution in [0.25, 0.3) is 0 Å². The molecule has 0 aromatic heterocycles. The molecule has 0 unspecified atom stereocenters. The molecule has 0 bridgehead atoms. The fourth-order valence-corrected chi connectivity index (χ4v) is 1.27. The molecule has 4 heteroatoms. The number of terminal acetylenes is 1. The molecule has 16 heavy (non-hydrogen) atoms. The molecule has 0 spiro atoms. The third-order valence-corrected chi connectivity index (χ3v) is 2.39. The Morgan fingerprint density at radius 1 is 1.50 bits per heavy atom. The molecule has 1 saturated carbocycles. The summed E-state index contributed by atoms with van der Waals surface area (Å²) in [5, 5.41) is 6.17. The lowest BCUT2D eigenvalue weighted by Crippen LogP contribution is -2.38. The molecule has 0 saturated heterocycles. The summed E-state index contributed by atoms with van der Waals surface area (Å²) in [6, 6.07) is 0. The molecule has 1 fully saturated rings. The standard InChI is InChI=1S/C12H21N3O/c1-3-7-14-12(13-2)15-8-4-9-16-10-11-5-6-11/h1,11H,4-10H2,2H3,(H2,13,14,15). The van der Waals surface area contributed by atoms with Crippen LogP contribution >= 0.6 is 0 Å². The van der Waals surface area contributed by atoms with Crippen molar-refractivity contribution >= 4 is 5.96 Å². The maximum Gasteiger partial charge on any atom is 0.191 e. The van der Waals surface area contributed by atoms with Gasteiger partial charge in [-0.2, -0.15) is 0 Å². The summed E-state index contributed by atoms with van der Waals surface area (Å²) >= 11 is 0. The van der Waals surface area contributed by atoms with Crippen molar-refractivity contribution in [3.05, 3.63) is 0 Å². The normalized spacial score (nSPS) is 15.6. The van der Waals surface area contributed by atoms with Crippen molar-refractivity contribution in [2.24, 2.45) is 10.9 Å². The lowest BCUT2D eigenvalue weighted by atomic mass is 10.4. The average Bonchev–Trinajstić information content (AvgIpc) is 3.11. The van der Waals surface area contributed by atoms with Crippen molar-refractivity contribution in [2.75, 3.05) is 33.4 Å². The number of hydrogen-bond donors (Lipinski definition) is 2. The first kappa shape index (κ1) is 12.9. The van der Waals surface area contributed by atoms with Gasteiger partial charge in [-0.15, -0.1) is 6.42 Å². The molecule has 0 atom stereocenters. The first-order valence-corrected chi connectivity index (χ1v) is 5.82. The fourth-order valence-electron chi connectivity index (χ4n) is 1.27. The van der Waals surface area contributed by atoms with E-state index in [1.165, 1.54) is 12.8 Å². The van der Waals surface area contributed by atoms with E-state index in [1.54, 1.807) is 7.05 Å². The van der Waals surface area contributed by atoms with Crippen LogP contribution in [0.3, 0.4) is 0 Å². The second-order valence-corrected chi connectivity index (χ2v) is 3.93. The van der Waals surface area contributed by atoms with Gasteiger partial charge in [0.05, 0.1) is 6.54 Å². The minimum Gasteiger partial charge on any atom is -0.381 e. The predicted octanol–water partition coefficient (Wildman–Crippen LogP) is 0.601. The van der Waals surface area contributed by atoms with Crippen LogP contribution in [0.15, 0.2) is 4.99 Å². The average molecular weight is 223 g/mol. The Morgan fingerprint density at radius 2 is 2.31 bits per heavy atom. The number of hydrogen-bond acceptors (Lipinski definition) is 2. The van der Waals surface area contributed by atoms with Crippen molar-refractivity contribution in [1.82, 2.24) is 10.6 Å². The molecule has 0 aromatic rings. The van der Waals surface area contributed by atoms with E-state index in [4.69, 9.17) is 11.2 Å². The van der Waals surface area contributed by atoms with Crippen LogP contribution in [-0.2, 0) is 4.74 Å². The van der Waals surface area contributed by atoms with Gasteiger partial charge < -0.3 is 15.4 Å². The number of guanidine groups is 1. The summed E-state index contributed by atoms with van der Waals surface area (Å²) in [7, 11) is 1.73. The molecule has 0 heterocycles. The second kappa shape index (κ2) is 8.00. The zero-order valence-electron chi connectivity index (χ0n) is 9.96.